The van der Waals surface area contributed by atoms with Gasteiger partial charge in [0.1, 0.15) is 11.2 Å². The van der Waals surface area contributed by atoms with Gasteiger partial charge in [-0.3, -0.25) is 0 Å². The Morgan fingerprint density at radius 1 is 0.393 bits per heavy atom. The molecule has 10 aromatic rings. The van der Waals surface area contributed by atoms with Crippen LogP contribution in [0.2, 0.25) is 0 Å². The Balaban J connectivity index is 1.14. The van der Waals surface area contributed by atoms with Crippen molar-refractivity contribution >= 4 is 21.9 Å². The van der Waals surface area contributed by atoms with Crippen LogP contribution in [-0.4, -0.2) is 15.0 Å². The van der Waals surface area contributed by atoms with Crippen LogP contribution in [-0.2, 0) is 0 Å². The Morgan fingerprint density at radius 3 is 1.62 bits per heavy atom. The lowest BCUT2D eigenvalue weighted by molar-refractivity contribution is 0.670. The zero-order valence-electron chi connectivity index (χ0n) is 34.4. The molecule has 0 saturated carbocycles. The molecule has 8 aromatic carbocycles. The first-order valence-corrected chi connectivity index (χ1v) is 18.5. The van der Waals surface area contributed by atoms with Crippen LogP contribution in [0.25, 0.3) is 101 Å². The zero-order valence-corrected chi connectivity index (χ0v) is 30.4. The van der Waals surface area contributed by atoms with Gasteiger partial charge in [-0.15, -0.1) is 0 Å². The van der Waals surface area contributed by atoms with Gasteiger partial charge in [0.2, 0.25) is 0 Å². The molecule has 10 rings (SSSR count). The summed E-state index contributed by atoms with van der Waals surface area (Å²) < 4.78 is 41.7. The molecule has 0 spiro atoms. The largest absolute Gasteiger partial charge is 0.455 e. The van der Waals surface area contributed by atoms with Crippen molar-refractivity contribution in [3.8, 4) is 78.7 Å². The number of fused-ring (bicyclic) bond motifs is 3. The van der Waals surface area contributed by atoms with Gasteiger partial charge in [-0.25, -0.2) is 15.0 Å². The summed E-state index contributed by atoms with van der Waals surface area (Å²) in [6, 6.07) is 56.1. The molecule has 0 amide bonds. The number of hydrogen-bond donors (Lipinski definition) is 0. The minimum Gasteiger partial charge on any atom is -0.455 e. The van der Waals surface area contributed by atoms with Gasteiger partial charge in [0, 0.05) is 33.0 Å². The Morgan fingerprint density at radius 2 is 0.929 bits per heavy atom. The fraction of sp³-hybridized carbons (Fsp3) is 0.0192. The van der Waals surface area contributed by atoms with Crippen molar-refractivity contribution < 1.29 is 9.90 Å². The molecule has 4 heteroatoms. The second-order valence-electron chi connectivity index (χ2n) is 13.7. The first-order valence-electron chi connectivity index (χ1n) is 20.5. The standard InChI is InChI=1S/C52H35N3O/c1-34-23-25-38(26-24-34)42-32-31-41(33-46(42)37-15-7-3-8-16-37)43-19-11-20-44-48-45(21-12-22-47(48)56-49(43)44)52-54-50(39-17-9-4-10-18-39)53-51(55-52)40-29-27-36(28-30-40)35-13-5-2-6-14-35/h2-33H,1H3/i23D,24D,25D,26D. The number of aromatic nitrogens is 3. The summed E-state index contributed by atoms with van der Waals surface area (Å²) in [5, 5.41) is 1.78. The highest BCUT2D eigenvalue weighted by Gasteiger charge is 2.20. The average Bonchev–Trinajstić information content (AvgIpc) is 3.70. The summed E-state index contributed by atoms with van der Waals surface area (Å²) in [6.07, 6.45) is 0. The van der Waals surface area contributed by atoms with E-state index in [2.05, 4.69) is 42.5 Å². The van der Waals surface area contributed by atoms with E-state index in [0.717, 1.165) is 60.8 Å². The molecular weight excluding hydrogens is 683 g/mol. The molecule has 0 aliphatic heterocycles. The van der Waals surface area contributed by atoms with Crippen LogP contribution < -0.4 is 0 Å². The number of para-hydroxylation sites is 1. The molecule has 0 saturated heterocycles. The Kier molecular flexibility index (Phi) is 7.29. The lowest BCUT2D eigenvalue weighted by Crippen LogP contribution is -2.00. The van der Waals surface area contributed by atoms with Crippen LogP contribution in [0.3, 0.4) is 0 Å². The first-order chi connectivity index (χ1) is 29.3. The number of furan rings is 1. The molecule has 56 heavy (non-hydrogen) atoms. The lowest BCUT2D eigenvalue weighted by Gasteiger charge is -2.14. The molecule has 4 nitrogen and oxygen atoms in total. The number of nitrogens with zero attached hydrogens (tertiary/aromatic N) is 3. The molecule has 0 fully saturated rings. The Bertz CT molecular complexity index is 3210. The van der Waals surface area contributed by atoms with Crippen molar-refractivity contribution in [1.82, 2.24) is 15.0 Å². The van der Waals surface area contributed by atoms with Gasteiger partial charge in [0.15, 0.2) is 17.5 Å². The third-order valence-corrected chi connectivity index (χ3v) is 10.1. The van der Waals surface area contributed by atoms with Crippen LogP contribution in [0.5, 0.6) is 0 Å². The highest BCUT2D eigenvalue weighted by atomic mass is 16.3. The summed E-state index contributed by atoms with van der Waals surface area (Å²) in [6.45, 7) is 1.62. The zero-order chi connectivity index (χ0) is 40.9. The van der Waals surface area contributed by atoms with E-state index >= 15 is 0 Å². The molecule has 0 aliphatic rings. The van der Waals surface area contributed by atoms with Crippen LogP contribution in [0.1, 0.15) is 11.0 Å². The number of benzene rings is 8. The summed E-state index contributed by atoms with van der Waals surface area (Å²) in [7, 11) is 0. The smallest absolute Gasteiger partial charge is 0.164 e. The highest BCUT2D eigenvalue weighted by molar-refractivity contribution is 6.15. The molecule has 0 aliphatic carbocycles. The third-order valence-electron chi connectivity index (χ3n) is 10.1. The fourth-order valence-corrected chi connectivity index (χ4v) is 7.34. The van der Waals surface area contributed by atoms with Gasteiger partial charge in [0.05, 0.1) is 5.48 Å². The fourth-order valence-electron chi connectivity index (χ4n) is 7.34. The number of rotatable bonds is 7. The Labute approximate surface area is 331 Å². The molecule has 2 aromatic heterocycles. The molecule has 0 bridgehead atoms. The van der Waals surface area contributed by atoms with E-state index in [1.165, 1.54) is 0 Å². The number of hydrogen-bond acceptors (Lipinski definition) is 4. The molecule has 0 atom stereocenters. The molecule has 0 N–H and O–H groups in total. The van der Waals surface area contributed by atoms with Crippen molar-refractivity contribution in [2.24, 2.45) is 0 Å². The molecule has 2 heterocycles. The van der Waals surface area contributed by atoms with E-state index in [9.17, 15) is 0 Å². The van der Waals surface area contributed by atoms with E-state index in [4.69, 9.17) is 24.9 Å². The van der Waals surface area contributed by atoms with E-state index in [-0.39, 0.29) is 29.7 Å². The third kappa shape index (κ3) is 6.13. The van der Waals surface area contributed by atoms with Crippen LogP contribution in [0.15, 0.2) is 198 Å². The minimum absolute atomic E-state index is 0.0425. The summed E-state index contributed by atoms with van der Waals surface area (Å²) in [4.78, 5) is 15.2. The van der Waals surface area contributed by atoms with Crippen molar-refractivity contribution in [3.63, 3.8) is 0 Å². The van der Waals surface area contributed by atoms with Gasteiger partial charge < -0.3 is 4.42 Å². The quantitative estimate of drug-likeness (QED) is 0.164. The van der Waals surface area contributed by atoms with E-state index in [1.54, 1.807) is 6.92 Å². The average molecular weight is 722 g/mol. The topological polar surface area (TPSA) is 51.8 Å². The van der Waals surface area contributed by atoms with Crippen molar-refractivity contribution in [3.05, 3.63) is 200 Å². The predicted molar refractivity (Wildman–Crippen MR) is 230 cm³/mol. The van der Waals surface area contributed by atoms with E-state index in [1.807, 2.05) is 127 Å². The minimum atomic E-state index is -0.0635. The van der Waals surface area contributed by atoms with Gasteiger partial charge in [-0.2, -0.15) is 0 Å². The molecule has 264 valence electrons. The van der Waals surface area contributed by atoms with Crippen molar-refractivity contribution in [2.75, 3.05) is 0 Å². The first kappa shape index (κ1) is 29.0. The van der Waals surface area contributed by atoms with E-state index < -0.39 is 0 Å². The van der Waals surface area contributed by atoms with Crippen molar-refractivity contribution in [2.45, 2.75) is 6.92 Å². The monoisotopic (exact) mass is 721 g/mol. The maximum Gasteiger partial charge on any atom is 0.164 e. The maximum absolute atomic E-state index is 8.89. The summed E-state index contributed by atoms with van der Waals surface area (Å²) in [5.41, 5.74) is 10.8. The highest BCUT2D eigenvalue weighted by Crippen LogP contribution is 2.42. The van der Waals surface area contributed by atoms with E-state index in [0.29, 0.717) is 39.8 Å². The SMILES string of the molecule is [2H]c1c([2H])c(-c2ccc(-c3cccc4c3oc3cccc(-c5nc(-c6ccccc6)nc(-c6ccc(-c7ccccc7)cc6)n5)c34)cc2-c2ccccc2)c([2H])c([2H])c1C. The van der Waals surface area contributed by atoms with Crippen molar-refractivity contribution in [1.29, 1.82) is 0 Å². The normalized spacial score (nSPS) is 12.3. The predicted octanol–water partition coefficient (Wildman–Crippen LogP) is 13.7. The van der Waals surface area contributed by atoms with Crippen LogP contribution >= 0.6 is 0 Å². The summed E-state index contributed by atoms with van der Waals surface area (Å²) in [5.74, 6) is 1.66. The molecular formula is C52H35N3O. The second kappa shape index (κ2) is 14.1. The van der Waals surface area contributed by atoms with Gasteiger partial charge in [0.25, 0.3) is 0 Å². The second-order valence-corrected chi connectivity index (χ2v) is 13.7. The summed E-state index contributed by atoms with van der Waals surface area (Å²) >= 11 is 0. The van der Waals surface area contributed by atoms with Gasteiger partial charge in [-0.1, -0.05) is 187 Å². The lowest BCUT2D eigenvalue weighted by atomic mass is 9.90. The Hall–Kier alpha value is -7.43. The maximum atomic E-state index is 8.89. The van der Waals surface area contributed by atoms with Gasteiger partial charge in [-0.05, 0) is 58.0 Å². The van der Waals surface area contributed by atoms with Gasteiger partial charge >= 0.3 is 0 Å². The van der Waals surface area contributed by atoms with Crippen LogP contribution in [0.4, 0.5) is 0 Å². The molecule has 0 unspecified atom stereocenters. The molecule has 0 radical (unpaired) electrons. The van der Waals surface area contributed by atoms with Crippen LogP contribution in [0, 0.1) is 6.92 Å².